The molecule has 18 heavy (non-hydrogen) atoms. The van der Waals surface area contributed by atoms with E-state index in [4.69, 9.17) is 11.0 Å². The van der Waals surface area contributed by atoms with E-state index >= 15 is 0 Å². The molecule has 0 amide bonds. The first kappa shape index (κ1) is 12.7. The quantitative estimate of drug-likeness (QED) is 0.775. The number of nitrogens with two attached hydrogens (primary N) is 1. The first-order valence-corrected chi connectivity index (χ1v) is 7.32. The van der Waals surface area contributed by atoms with Gasteiger partial charge in [-0.25, -0.2) is 13.1 Å². The van der Waals surface area contributed by atoms with Crippen LogP contribution in [0.1, 0.15) is 18.9 Å². The van der Waals surface area contributed by atoms with Gasteiger partial charge in [0.05, 0.1) is 17.0 Å². The van der Waals surface area contributed by atoms with Gasteiger partial charge in [0.1, 0.15) is 17.5 Å². The van der Waals surface area contributed by atoms with Crippen LogP contribution < -0.4 is 11.1 Å². The lowest BCUT2D eigenvalue weighted by molar-refractivity contribution is 0.335. The molecule has 0 bridgehead atoms. The van der Waals surface area contributed by atoms with Crippen LogP contribution in [0.2, 0.25) is 0 Å². The molecule has 0 aliphatic carbocycles. The Bertz CT molecular complexity index is 627. The van der Waals surface area contributed by atoms with Crippen LogP contribution >= 0.6 is 0 Å². The Morgan fingerprint density at radius 2 is 2.28 bits per heavy atom. The van der Waals surface area contributed by atoms with Crippen LogP contribution in [0.5, 0.6) is 0 Å². The second kappa shape index (κ2) is 3.88. The summed E-state index contributed by atoms with van der Waals surface area (Å²) in [7, 11) is -1.42. The summed E-state index contributed by atoms with van der Waals surface area (Å²) in [6.07, 6.45) is 0.454. The third kappa shape index (κ3) is 1.80. The van der Waals surface area contributed by atoms with Crippen LogP contribution in [0.25, 0.3) is 0 Å². The van der Waals surface area contributed by atoms with Crippen molar-refractivity contribution < 1.29 is 8.42 Å². The predicted molar refractivity (Wildman–Crippen MR) is 67.8 cm³/mol. The van der Waals surface area contributed by atoms with Crippen LogP contribution in [0.3, 0.4) is 0 Å². The van der Waals surface area contributed by atoms with Crippen LogP contribution in [-0.2, 0) is 15.4 Å². The number of aromatic nitrogens is 2. The van der Waals surface area contributed by atoms with Crippen molar-refractivity contribution in [1.82, 2.24) is 9.78 Å². The van der Waals surface area contributed by atoms with E-state index < -0.39 is 15.4 Å². The summed E-state index contributed by atoms with van der Waals surface area (Å²) >= 11 is 0. The van der Waals surface area contributed by atoms with Gasteiger partial charge < -0.3 is 11.1 Å². The number of sulfone groups is 1. The third-order valence-electron chi connectivity index (χ3n) is 3.26. The lowest BCUT2D eigenvalue weighted by atomic mass is 10.0. The summed E-state index contributed by atoms with van der Waals surface area (Å²) in [6, 6.07) is 1.98. The number of hydrogen-bond donors (Lipinski definition) is 2. The minimum Gasteiger partial charge on any atom is -0.383 e. The van der Waals surface area contributed by atoms with E-state index in [0.29, 0.717) is 12.2 Å². The number of nitriles is 1. The molecular weight excluding hydrogens is 254 g/mol. The van der Waals surface area contributed by atoms with Crippen LogP contribution in [0.15, 0.2) is 0 Å². The minimum absolute atomic E-state index is 0.0000964. The van der Waals surface area contributed by atoms with Gasteiger partial charge in [-0.3, -0.25) is 0 Å². The Hall–Kier alpha value is -1.75. The fourth-order valence-corrected chi connectivity index (χ4v) is 4.40. The average molecular weight is 269 g/mol. The van der Waals surface area contributed by atoms with Crippen molar-refractivity contribution in [1.29, 1.82) is 5.26 Å². The average Bonchev–Trinajstić information content (AvgIpc) is 2.77. The van der Waals surface area contributed by atoms with E-state index in [1.165, 1.54) is 4.68 Å². The van der Waals surface area contributed by atoms with Gasteiger partial charge in [0.2, 0.25) is 0 Å². The molecule has 1 aliphatic rings. The lowest BCUT2D eigenvalue weighted by Gasteiger charge is -2.23. The fourth-order valence-electron chi connectivity index (χ4n) is 2.29. The first-order chi connectivity index (χ1) is 8.33. The van der Waals surface area contributed by atoms with Crippen LogP contribution in [0.4, 0.5) is 11.6 Å². The second-order valence-electron chi connectivity index (χ2n) is 4.72. The SMILES string of the molecule is CNc1nn(C2(C)CCS(=O)(=O)C2)c(N)c1C#N. The molecule has 3 N–H and O–H groups in total. The summed E-state index contributed by atoms with van der Waals surface area (Å²) in [4.78, 5) is 0. The molecule has 0 radical (unpaired) electrons. The molecule has 1 saturated heterocycles. The highest BCUT2D eigenvalue weighted by Crippen LogP contribution is 2.34. The Labute approximate surface area is 105 Å². The summed E-state index contributed by atoms with van der Waals surface area (Å²) in [5.74, 6) is 0.710. The normalized spacial score (nSPS) is 25.8. The van der Waals surface area contributed by atoms with Crippen molar-refractivity contribution in [2.45, 2.75) is 18.9 Å². The molecule has 7 nitrogen and oxygen atoms in total. The van der Waals surface area contributed by atoms with Gasteiger partial charge in [0.25, 0.3) is 0 Å². The highest BCUT2D eigenvalue weighted by Gasteiger charge is 2.42. The van der Waals surface area contributed by atoms with Crippen LogP contribution in [-0.4, -0.2) is 36.8 Å². The van der Waals surface area contributed by atoms with Gasteiger partial charge in [-0.15, -0.1) is 0 Å². The molecule has 8 heteroatoms. The maximum atomic E-state index is 11.6. The molecule has 0 spiro atoms. The molecule has 2 rings (SSSR count). The molecular formula is C10H15N5O2S. The molecule has 1 aliphatic heterocycles. The minimum atomic E-state index is -3.06. The summed E-state index contributed by atoms with van der Waals surface area (Å²) in [6.45, 7) is 1.79. The molecule has 1 unspecified atom stereocenters. The topological polar surface area (TPSA) is 114 Å². The smallest absolute Gasteiger partial charge is 0.168 e. The highest BCUT2D eigenvalue weighted by atomic mass is 32.2. The number of anilines is 2. The van der Waals surface area contributed by atoms with E-state index in [2.05, 4.69) is 10.4 Å². The Morgan fingerprint density at radius 1 is 1.61 bits per heavy atom. The number of nitrogens with one attached hydrogen (secondary N) is 1. The summed E-state index contributed by atoms with van der Waals surface area (Å²) in [5, 5.41) is 16.0. The fraction of sp³-hybridized carbons (Fsp3) is 0.600. The van der Waals surface area contributed by atoms with Gasteiger partial charge >= 0.3 is 0 Å². The number of nitrogens with zero attached hydrogens (tertiary/aromatic N) is 3. The Kier molecular flexibility index (Phi) is 2.74. The molecule has 1 atom stereocenters. The molecule has 0 aromatic carbocycles. The first-order valence-electron chi connectivity index (χ1n) is 5.50. The zero-order chi connectivity index (χ0) is 13.6. The Balaban J connectivity index is 2.54. The lowest BCUT2D eigenvalue weighted by Crippen LogP contribution is -2.33. The van der Waals surface area contributed by atoms with Crippen LogP contribution in [0, 0.1) is 11.3 Å². The predicted octanol–water partition coefficient (Wildman–Crippen LogP) is -0.0876. The maximum Gasteiger partial charge on any atom is 0.168 e. The van der Waals surface area contributed by atoms with E-state index in [0.717, 1.165) is 0 Å². The third-order valence-corrected chi connectivity index (χ3v) is 5.15. The summed E-state index contributed by atoms with van der Waals surface area (Å²) < 4.78 is 24.7. The largest absolute Gasteiger partial charge is 0.383 e. The van der Waals surface area contributed by atoms with Crippen molar-refractivity contribution >= 4 is 21.5 Å². The summed E-state index contributed by atoms with van der Waals surface area (Å²) in [5.41, 5.74) is 5.46. The van der Waals surface area contributed by atoms with Crippen molar-refractivity contribution in [3.63, 3.8) is 0 Å². The molecule has 1 aromatic heterocycles. The number of nitrogen functional groups attached to an aromatic ring is 1. The van der Waals surface area contributed by atoms with Crippen molar-refractivity contribution in [2.75, 3.05) is 29.6 Å². The van der Waals surface area contributed by atoms with E-state index in [-0.39, 0.29) is 22.9 Å². The van der Waals surface area contributed by atoms with E-state index in [1.807, 2.05) is 6.07 Å². The highest BCUT2D eigenvalue weighted by molar-refractivity contribution is 7.91. The van der Waals surface area contributed by atoms with Gasteiger partial charge in [-0.2, -0.15) is 10.4 Å². The number of hydrogen-bond acceptors (Lipinski definition) is 6. The number of rotatable bonds is 2. The Morgan fingerprint density at radius 3 is 2.67 bits per heavy atom. The second-order valence-corrected chi connectivity index (χ2v) is 6.91. The van der Waals surface area contributed by atoms with Crippen molar-refractivity contribution in [3.8, 4) is 6.07 Å². The molecule has 1 aromatic rings. The van der Waals surface area contributed by atoms with Gasteiger partial charge in [0.15, 0.2) is 15.7 Å². The zero-order valence-electron chi connectivity index (χ0n) is 10.3. The molecule has 1 fully saturated rings. The maximum absolute atomic E-state index is 11.6. The standard InChI is InChI=1S/C10H15N5O2S/c1-10(3-4-18(16,17)6-10)15-8(12)7(5-11)9(13-2)14-15/h3-4,6,12H2,1-2H3,(H,13,14). The van der Waals surface area contributed by atoms with E-state index in [1.54, 1.807) is 14.0 Å². The van der Waals surface area contributed by atoms with E-state index in [9.17, 15) is 8.42 Å². The van der Waals surface area contributed by atoms with Crippen molar-refractivity contribution in [3.05, 3.63) is 5.56 Å². The molecule has 2 heterocycles. The van der Waals surface area contributed by atoms with Gasteiger partial charge in [-0.05, 0) is 13.3 Å². The monoisotopic (exact) mass is 269 g/mol. The van der Waals surface area contributed by atoms with Gasteiger partial charge in [-0.1, -0.05) is 0 Å². The molecule has 98 valence electrons. The zero-order valence-corrected chi connectivity index (χ0v) is 11.1. The van der Waals surface area contributed by atoms with Gasteiger partial charge in [0, 0.05) is 7.05 Å². The van der Waals surface area contributed by atoms with Crippen molar-refractivity contribution in [2.24, 2.45) is 0 Å². The molecule has 0 saturated carbocycles.